The van der Waals surface area contributed by atoms with Crippen molar-refractivity contribution in [2.24, 2.45) is 0 Å². The zero-order valence-electron chi connectivity index (χ0n) is 12.1. The van der Waals surface area contributed by atoms with Crippen LogP contribution < -0.4 is 16.4 Å². The summed E-state index contributed by atoms with van der Waals surface area (Å²) < 4.78 is 0. The van der Waals surface area contributed by atoms with E-state index in [4.69, 9.17) is 5.73 Å². The molecule has 4 N–H and O–H groups in total. The number of amides is 1. The van der Waals surface area contributed by atoms with Crippen molar-refractivity contribution in [3.8, 4) is 0 Å². The summed E-state index contributed by atoms with van der Waals surface area (Å²) in [6, 6.07) is 13.3. The van der Waals surface area contributed by atoms with Gasteiger partial charge in [0.25, 0.3) is 0 Å². The van der Waals surface area contributed by atoms with Gasteiger partial charge in [0.1, 0.15) is 11.6 Å². The first-order chi connectivity index (χ1) is 10.2. The Morgan fingerprint density at radius 1 is 1.19 bits per heavy atom. The molecular weight excluding hydrogens is 264 g/mol. The molecule has 0 saturated heterocycles. The molecule has 1 amide bonds. The summed E-state index contributed by atoms with van der Waals surface area (Å²) in [4.78, 5) is 15.9. The smallest absolute Gasteiger partial charge is 0.224 e. The SMILES string of the molecule is CCCCC(=O)Nc1ccc(Nc2ccccc2)nc1N. The molecule has 0 aliphatic rings. The van der Waals surface area contributed by atoms with Gasteiger partial charge in [0.2, 0.25) is 5.91 Å². The van der Waals surface area contributed by atoms with Gasteiger partial charge >= 0.3 is 0 Å². The van der Waals surface area contributed by atoms with Gasteiger partial charge in [-0.2, -0.15) is 0 Å². The van der Waals surface area contributed by atoms with Crippen LogP contribution >= 0.6 is 0 Å². The number of hydrogen-bond acceptors (Lipinski definition) is 4. The van der Waals surface area contributed by atoms with E-state index in [1.165, 1.54) is 0 Å². The second-order valence-electron chi connectivity index (χ2n) is 4.77. The second-order valence-corrected chi connectivity index (χ2v) is 4.77. The summed E-state index contributed by atoms with van der Waals surface area (Å²) in [7, 11) is 0. The second kappa shape index (κ2) is 7.28. The molecule has 0 radical (unpaired) electrons. The third-order valence-electron chi connectivity index (χ3n) is 3.00. The van der Waals surface area contributed by atoms with Crippen molar-refractivity contribution in [2.45, 2.75) is 26.2 Å². The van der Waals surface area contributed by atoms with E-state index in [0.717, 1.165) is 18.5 Å². The number of nitrogens with one attached hydrogen (secondary N) is 2. The van der Waals surface area contributed by atoms with Gasteiger partial charge in [-0.3, -0.25) is 4.79 Å². The molecule has 2 rings (SSSR count). The highest BCUT2D eigenvalue weighted by atomic mass is 16.1. The van der Waals surface area contributed by atoms with Crippen molar-refractivity contribution in [3.05, 3.63) is 42.5 Å². The van der Waals surface area contributed by atoms with Crippen molar-refractivity contribution in [1.82, 2.24) is 4.98 Å². The predicted molar refractivity (Wildman–Crippen MR) is 86.5 cm³/mol. The molecule has 21 heavy (non-hydrogen) atoms. The molecule has 5 heteroatoms. The zero-order valence-corrected chi connectivity index (χ0v) is 12.1. The minimum Gasteiger partial charge on any atom is -0.382 e. The molecule has 1 heterocycles. The van der Waals surface area contributed by atoms with E-state index in [0.29, 0.717) is 23.7 Å². The third-order valence-corrected chi connectivity index (χ3v) is 3.00. The van der Waals surface area contributed by atoms with E-state index in [9.17, 15) is 4.79 Å². The normalized spacial score (nSPS) is 10.1. The van der Waals surface area contributed by atoms with Crippen molar-refractivity contribution in [1.29, 1.82) is 0 Å². The number of para-hydroxylation sites is 1. The molecule has 5 nitrogen and oxygen atoms in total. The van der Waals surface area contributed by atoms with Crippen molar-refractivity contribution in [2.75, 3.05) is 16.4 Å². The lowest BCUT2D eigenvalue weighted by Crippen LogP contribution is -2.13. The van der Waals surface area contributed by atoms with Gasteiger partial charge in [-0.1, -0.05) is 31.5 Å². The summed E-state index contributed by atoms with van der Waals surface area (Å²) in [6.07, 6.45) is 2.36. The van der Waals surface area contributed by atoms with E-state index in [-0.39, 0.29) is 5.91 Å². The quantitative estimate of drug-likeness (QED) is 0.758. The average Bonchev–Trinajstić information content (AvgIpc) is 2.49. The molecule has 110 valence electrons. The van der Waals surface area contributed by atoms with Gasteiger partial charge in [-0.05, 0) is 30.7 Å². The first kappa shape index (κ1) is 14.8. The maximum Gasteiger partial charge on any atom is 0.224 e. The Bertz CT molecular complexity index is 598. The maximum atomic E-state index is 11.7. The van der Waals surface area contributed by atoms with Crippen LogP contribution in [0, 0.1) is 0 Å². The molecule has 2 aromatic rings. The highest BCUT2D eigenvalue weighted by molar-refractivity contribution is 5.93. The predicted octanol–water partition coefficient (Wildman–Crippen LogP) is 3.54. The molecule has 0 bridgehead atoms. The van der Waals surface area contributed by atoms with E-state index >= 15 is 0 Å². The van der Waals surface area contributed by atoms with Crippen LogP contribution in [-0.2, 0) is 4.79 Å². The number of benzene rings is 1. The lowest BCUT2D eigenvalue weighted by molar-refractivity contribution is -0.116. The van der Waals surface area contributed by atoms with Gasteiger partial charge in [-0.25, -0.2) is 4.98 Å². The fourth-order valence-electron chi connectivity index (χ4n) is 1.87. The Morgan fingerprint density at radius 3 is 2.62 bits per heavy atom. The molecular formula is C16H20N4O. The summed E-state index contributed by atoms with van der Waals surface area (Å²) in [5, 5.41) is 5.94. The minimum atomic E-state index is -0.0332. The molecule has 0 fully saturated rings. The minimum absolute atomic E-state index is 0.0332. The number of unbranched alkanes of at least 4 members (excludes halogenated alkanes) is 1. The first-order valence-corrected chi connectivity index (χ1v) is 7.07. The number of rotatable bonds is 6. The molecule has 0 aliphatic heterocycles. The number of nitrogens with two attached hydrogens (primary N) is 1. The molecule has 0 unspecified atom stereocenters. The average molecular weight is 284 g/mol. The number of pyridine rings is 1. The lowest BCUT2D eigenvalue weighted by atomic mass is 10.2. The molecule has 0 atom stereocenters. The van der Waals surface area contributed by atoms with Crippen LogP contribution in [0.4, 0.5) is 23.0 Å². The fourth-order valence-corrected chi connectivity index (χ4v) is 1.87. The van der Waals surface area contributed by atoms with Crippen LogP contribution in [0.3, 0.4) is 0 Å². The molecule has 1 aromatic carbocycles. The van der Waals surface area contributed by atoms with Crippen molar-refractivity contribution >= 4 is 28.9 Å². The Hall–Kier alpha value is -2.56. The summed E-state index contributed by atoms with van der Waals surface area (Å²) in [5.74, 6) is 0.917. The van der Waals surface area contributed by atoms with Crippen LogP contribution in [0.1, 0.15) is 26.2 Å². The van der Waals surface area contributed by atoms with Gasteiger partial charge < -0.3 is 16.4 Å². The molecule has 1 aromatic heterocycles. The number of anilines is 4. The van der Waals surface area contributed by atoms with Crippen LogP contribution in [0.2, 0.25) is 0 Å². The van der Waals surface area contributed by atoms with Crippen LogP contribution in [0.25, 0.3) is 0 Å². The standard InChI is InChI=1S/C16H20N4O/c1-2-3-9-15(21)19-13-10-11-14(20-16(13)17)18-12-7-5-4-6-8-12/h4-8,10-11H,2-3,9H2,1H3,(H,19,21)(H3,17,18,20). The highest BCUT2D eigenvalue weighted by Crippen LogP contribution is 2.21. The Kier molecular flexibility index (Phi) is 5.15. The topological polar surface area (TPSA) is 80.0 Å². The largest absolute Gasteiger partial charge is 0.382 e. The molecule has 0 saturated carbocycles. The molecule has 0 aliphatic carbocycles. The number of hydrogen-bond donors (Lipinski definition) is 3. The number of carbonyl (C=O) groups is 1. The van der Waals surface area contributed by atoms with E-state index in [2.05, 4.69) is 15.6 Å². The Balaban J connectivity index is 2.02. The maximum absolute atomic E-state index is 11.7. The fraction of sp³-hybridized carbons (Fsp3) is 0.250. The van der Waals surface area contributed by atoms with Crippen molar-refractivity contribution < 1.29 is 4.79 Å². The Labute approximate surface area is 124 Å². The van der Waals surface area contributed by atoms with E-state index in [1.54, 1.807) is 12.1 Å². The summed E-state index contributed by atoms with van der Waals surface area (Å²) in [5.41, 5.74) is 7.37. The van der Waals surface area contributed by atoms with Gasteiger partial charge in [0.15, 0.2) is 0 Å². The van der Waals surface area contributed by atoms with Gasteiger partial charge in [-0.15, -0.1) is 0 Å². The number of carbonyl (C=O) groups excluding carboxylic acids is 1. The Morgan fingerprint density at radius 2 is 1.95 bits per heavy atom. The zero-order chi connectivity index (χ0) is 15.1. The third kappa shape index (κ3) is 4.49. The monoisotopic (exact) mass is 284 g/mol. The highest BCUT2D eigenvalue weighted by Gasteiger charge is 2.07. The summed E-state index contributed by atoms with van der Waals surface area (Å²) >= 11 is 0. The summed E-state index contributed by atoms with van der Waals surface area (Å²) in [6.45, 7) is 2.05. The number of nitrogen functional groups attached to an aromatic ring is 1. The van der Waals surface area contributed by atoms with Crippen molar-refractivity contribution in [3.63, 3.8) is 0 Å². The molecule has 0 spiro atoms. The van der Waals surface area contributed by atoms with Crippen LogP contribution in [0.15, 0.2) is 42.5 Å². The number of nitrogens with zero attached hydrogens (tertiary/aromatic N) is 1. The lowest BCUT2D eigenvalue weighted by Gasteiger charge is -2.10. The van der Waals surface area contributed by atoms with Gasteiger partial charge in [0, 0.05) is 12.1 Å². The van der Waals surface area contributed by atoms with E-state index < -0.39 is 0 Å². The van der Waals surface area contributed by atoms with E-state index in [1.807, 2.05) is 37.3 Å². The van der Waals surface area contributed by atoms with Gasteiger partial charge in [0.05, 0.1) is 5.69 Å². The first-order valence-electron chi connectivity index (χ1n) is 7.07. The number of aromatic nitrogens is 1. The van der Waals surface area contributed by atoms with Crippen LogP contribution in [0.5, 0.6) is 0 Å². The van der Waals surface area contributed by atoms with Crippen LogP contribution in [-0.4, -0.2) is 10.9 Å².